The van der Waals surface area contributed by atoms with Gasteiger partial charge in [0.25, 0.3) is 5.91 Å². The molecule has 0 bridgehead atoms. The van der Waals surface area contributed by atoms with E-state index in [1.165, 1.54) is 0 Å². The van der Waals surface area contributed by atoms with Gasteiger partial charge >= 0.3 is 6.09 Å². The predicted molar refractivity (Wildman–Crippen MR) is 186 cm³/mol. The van der Waals surface area contributed by atoms with Gasteiger partial charge in [-0.15, -0.1) is 11.3 Å². The highest BCUT2D eigenvalue weighted by Crippen LogP contribution is 2.40. The van der Waals surface area contributed by atoms with Crippen molar-refractivity contribution < 1.29 is 33.7 Å². The predicted octanol–water partition coefficient (Wildman–Crippen LogP) is 6.68. The molecule has 2 aliphatic rings. The van der Waals surface area contributed by atoms with Crippen LogP contribution in [-0.4, -0.2) is 45.9 Å². The molecule has 2 N–H and O–H groups in total. The van der Waals surface area contributed by atoms with Crippen LogP contribution in [0, 0.1) is 0 Å². The van der Waals surface area contributed by atoms with E-state index in [0.717, 1.165) is 41.7 Å². The van der Waals surface area contributed by atoms with Gasteiger partial charge in [0.15, 0.2) is 10.6 Å². The van der Waals surface area contributed by atoms with E-state index in [9.17, 15) is 19.5 Å². The number of fused-ring (bicyclic) bond motifs is 1. The summed E-state index contributed by atoms with van der Waals surface area (Å²) in [6, 6.07) is 30.9. The fraction of sp³-hybridized carbons (Fsp3) is 0.243. The number of nitrogens with one attached hydrogen (secondary N) is 1. The highest BCUT2D eigenvalue weighted by atomic mass is 32.2. The first-order valence-electron chi connectivity index (χ1n) is 15.9. The fourth-order valence-corrected chi connectivity index (χ4v) is 7.92. The minimum Gasteiger partial charge on any atom is -0.445 e. The first-order chi connectivity index (χ1) is 23.9. The lowest BCUT2D eigenvalue weighted by molar-refractivity contribution is -0.245. The molecule has 4 unspecified atom stereocenters. The minimum absolute atomic E-state index is 0.0392. The summed E-state index contributed by atoms with van der Waals surface area (Å²) in [5.41, 5.74) is 4.69. The number of alkyl carbamates (subject to hydrolysis) is 1. The number of rotatable bonds is 10. The number of aliphatic hydroxyl groups excluding tert-OH is 1. The number of aliphatic hydroxyl groups is 1. The van der Waals surface area contributed by atoms with E-state index in [0.29, 0.717) is 17.9 Å². The highest BCUT2D eigenvalue weighted by Gasteiger charge is 2.41. The summed E-state index contributed by atoms with van der Waals surface area (Å²) in [5, 5.41) is 12.0. The van der Waals surface area contributed by atoms with Gasteiger partial charge in [-0.2, -0.15) is 0 Å². The summed E-state index contributed by atoms with van der Waals surface area (Å²) in [6.45, 7) is 0.0108. The maximum absolute atomic E-state index is 13.2. The summed E-state index contributed by atoms with van der Waals surface area (Å²) in [7, 11) is 0. The quantitative estimate of drug-likeness (QED) is 0.121. The van der Waals surface area contributed by atoms with Crippen molar-refractivity contribution in [3.05, 3.63) is 125 Å². The lowest BCUT2D eigenvalue weighted by atomic mass is 10.0. The van der Waals surface area contributed by atoms with Crippen LogP contribution in [0.3, 0.4) is 0 Å². The number of hydrogen-bond donors (Lipinski definition) is 2. The van der Waals surface area contributed by atoms with E-state index in [1.807, 2.05) is 72.8 Å². The lowest BCUT2D eigenvalue weighted by Gasteiger charge is -2.36. The average Bonchev–Trinajstić information content (AvgIpc) is 3.69. The Balaban J connectivity index is 1.03. The van der Waals surface area contributed by atoms with Crippen molar-refractivity contribution in [2.45, 2.75) is 54.9 Å². The molecule has 4 atom stereocenters. The number of ether oxygens (including phenoxy) is 3. The van der Waals surface area contributed by atoms with E-state index in [2.05, 4.69) is 11.4 Å². The van der Waals surface area contributed by atoms with Crippen LogP contribution in [0.1, 0.15) is 47.5 Å². The third kappa shape index (κ3) is 7.69. The van der Waals surface area contributed by atoms with Crippen LogP contribution in [0.4, 0.5) is 10.5 Å². The van der Waals surface area contributed by atoms with Crippen molar-refractivity contribution in [3.63, 3.8) is 0 Å². The minimum atomic E-state index is -1.02. The maximum Gasteiger partial charge on any atom is 0.408 e. The number of anilines is 1. The van der Waals surface area contributed by atoms with Crippen molar-refractivity contribution in [2.75, 3.05) is 10.7 Å². The van der Waals surface area contributed by atoms with Gasteiger partial charge < -0.3 is 24.6 Å². The number of carbonyl (C=O) groups excluding carboxylic acids is 3. The number of para-hydroxylation sites is 1. The molecule has 250 valence electrons. The Hall–Kier alpha value is -4.59. The SMILES string of the molecule is O=C(NC1CC(=O)N(c2ccc(C3OC(CSc4nc5ccccc5s4)CC(c4ccc(CO)cc4)O3)cc2)C1=O)OCc1ccccc1. The Morgan fingerprint density at radius 3 is 2.41 bits per heavy atom. The van der Waals surface area contributed by atoms with E-state index in [-0.39, 0.29) is 31.8 Å². The van der Waals surface area contributed by atoms with Gasteiger partial charge in [-0.05, 0) is 41.0 Å². The smallest absolute Gasteiger partial charge is 0.408 e. The van der Waals surface area contributed by atoms with Crippen LogP contribution >= 0.6 is 23.1 Å². The molecule has 12 heteroatoms. The summed E-state index contributed by atoms with van der Waals surface area (Å²) in [5.74, 6) is -0.283. The second-order valence-corrected chi connectivity index (χ2v) is 14.0. The first kappa shape index (κ1) is 32.9. The fourth-order valence-electron chi connectivity index (χ4n) is 5.80. The zero-order valence-corrected chi connectivity index (χ0v) is 27.9. The standard InChI is InChI=1S/C37H33N3O7S2/c41-20-23-10-12-25(13-11-23)31-18-28(22-48-37-39-29-8-4-5-9-32(29)49-37)46-35(47-31)26-14-16-27(17-15-26)40-33(42)19-30(34(40)43)38-36(44)45-21-24-6-2-1-3-7-24/h1-17,28,30-31,35,41H,18-22H2,(H,38,44). The van der Waals surface area contributed by atoms with Crippen LogP contribution < -0.4 is 10.2 Å². The molecule has 4 aromatic carbocycles. The Morgan fingerprint density at radius 2 is 1.65 bits per heavy atom. The molecule has 3 amide bonds. The molecule has 2 saturated heterocycles. The van der Waals surface area contributed by atoms with Gasteiger partial charge in [0, 0.05) is 17.7 Å². The molecule has 1 aromatic heterocycles. The molecule has 0 saturated carbocycles. The van der Waals surface area contributed by atoms with Crippen molar-refractivity contribution in [2.24, 2.45) is 0 Å². The van der Waals surface area contributed by atoms with Crippen LogP contribution in [0.25, 0.3) is 10.2 Å². The van der Waals surface area contributed by atoms with Crippen molar-refractivity contribution >= 4 is 56.9 Å². The number of amides is 3. The van der Waals surface area contributed by atoms with Crippen LogP contribution in [0.5, 0.6) is 0 Å². The second-order valence-electron chi connectivity index (χ2n) is 11.7. The normalized spacial score (nSPS) is 20.9. The Kier molecular flexibility index (Phi) is 10.0. The number of aromatic nitrogens is 1. The number of benzene rings is 4. The molecule has 0 aliphatic carbocycles. The van der Waals surface area contributed by atoms with E-state index >= 15 is 0 Å². The van der Waals surface area contributed by atoms with Crippen molar-refractivity contribution in [1.82, 2.24) is 10.3 Å². The van der Waals surface area contributed by atoms with Gasteiger partial charge in [0.05, 0.1) is 41.1 Å². The lowest BCUT2D eigenvalue weighted by Crippen LogP contribution is -2.42. The number of carbonyl (C=O) groups is 3. The molecular formula is C37H33N3O7S2. The Morgan fingerprint density at radius 1 is 0.918 bits per heavy atom. The second kappa shape index (κ2) is 14.9. The molecular weight excluding hydrogens is 663 g/mol. The first-order valence-corrected chi connectivity index (χ1v) is 17.7. The molecule has 2 aliphatic heterocycles. The van der Waals surface area contributed by atoms with Gasteiger partial charge in [0.2, 0.25) is 5.91 Å². The van der Waals surface area contributed by atoms with Gasteiger partial charge in [-0.1, -0.05) is 90.6 Å². The summed E-state index contributed by atoms with van der Waals surface area (Å²) >= 11 is 3.31. The Labute approximate surface area is 291 Å². The highest BCUT2D eigenvalue weighted by molar-refractivity contribution is 8.01. The van der Waals surface area contributed by atoms with Gasteiger partial charge in [-0.3, -0.25) is 9.59 Å². The zero-order chi connectivity index (χ0) is 33.7. The van der Waals surface area contributed by atoms with E-state index in [4.69, 9.17) is 19.2 Å². The Bertz CT molecular complexity index is 1900. The average molecular weight is 696 g/mol. The molecule has 7 rings (SSSR count). The number of hydrogen-bond acceptors (Lipinski definition) is 10. The molecule has 0 radical (unpaired) electrons. The molecule has 49 heavy (non-hydrogen) atoms. The third-order valence-electron chi connectivity index (χ3n) is 8.36. The van der Waals surface area contributed by atoms with E-state index in [1.54, 1.807) is 47.4 Å². The number of thioether (sulfide) groups is 1. The topological polar surface area (TPSA) is 127 Å². The molecule has 10 nitrogen and oxygen atoms in total. The third-order valence-corrected chi connectivity index (χ3v) is 10.7. The summed E-state index contributed by atoms with van der Waals surface area (Å²) < 4.78 is 20.3. The molecule has 5 aromatic rings. The van der Waals surface area contributed by atoms with Crippen LogP contribution in [0.15, 0.2) is 107 Å². The monoisotopic (exact) mass is 695 g/mol. The van der Waals surface area contributed by atoms with Crippen LogP contribution in [0.2, 0.25) is 0 Å². The maximum atomic E-state index is 13.2. The number of nitrogens with zero attached hydrogens (tertiary/aromatic N) is 2. The molecule has 3 heterocycles. The number of thiazole rings is 1. The largest absolute Gasteiger partial charge is 0.445 e. The number of imide groups is 1. The summed E-state index contributed by atoms with van der Waals surface area (Å²) in [6.07, 6.45) is -1.43. The summed E-state index contributed by atoms with van der Waals surface area (Å²) in [4.78, 5) is 44.3. The van der Waals surface area contributed by atoms with Crippen LogP contribution in [-0.2, 0) is 37.0 Å². The van der Waals surface area contributed by atoms with Gasteiger partial charge in [-0.25, -0.2) is 14.7 Å². The van der Waals surface area contributed by atoms with E-state index < -0.39 is 30.2 Å². The molecule has 2 fully saturated rings. The van der Waals surface area contributed by atoms with Gasteiger partial charge in [0.1, 0.15) is 12.6 Å². The molecule has 0 spiro atoms. The zero-order valence-electron chi connectivity index (χ0n) is 26.3. The van der Waals surface area contributed by atoms with Crippen molar-refractivity contribution in [3.8, 4) is 0 Å². The van der Waals surface area contributed by atoms with Crippen molar-refractivity contribution in [1.29, 1.82) is 0 Å².